The van der Waals surface area contributed by atoms with Crippen LogP contribution in [0.15, 0.2) is 60.8 Å². The summed E-state index contributed by atoms with van der Waals surface area (Å²) in [6.45, 7) is 1.18. The van der Waals surface area contributed by atoms with Crippen molar-refractivity contribution in [3.05, 3.63) is 77.5 Å². The van der Waals surface area contributed by atoms with E-state index in [1.165, 1.54) is 11.8 Å². The van der Waals surface area contributed by atoms with Gasteiger partial charge in [-0.2, -0.15) is 0 Å². The molecule has 7 nitrogen and oxygen atoms in total. The van der Waals surface area contributed by atoms with Gasteiger partial charge in [-0.3, -0.25) is 14.7 Å². The second-order valence-corrected chi connectivity index (χ2v) is 10.2. The third-order valence-corrected chi connectivity index (χ3v) is 6.43. The number of aromatic nitrogens is 1. The van der Waals surface area contributed by atoms with Crippen LogP contribution >= 0.6 is 0 Å². The molecule has 0 atom stereocenters. The molecule has 1 N–H and O–H groups in total. The van der Waals surface area contributed by atoms with Crippen LogP contribution in [0.5, 0.6) is 5.88 Å². The lowest BCUT2D eigenvalue weighted by atomic mass is 10.0. The first-order valence-electron chi connectivity index (χ1n) is 10.7. The average molecular weight is 451 g/mol. The van der Waals surface area contributed by atoms with Gasteiger partial charge in [0.05, 0.1) is 36.1 Å². The molecule has 5 rings (SSSR count). The molecule has 0 spiro atoms. The van der Waals surface area contributed by atoms with Gasteiger partial charge in [-0.15, -0.1) is 0 Å². The van der Waals surface area contributed by atoms with E-state index in [1.807, 2.05) is 60.6 Å². The molecule has 1 aliphatic carbocycles. The average Bonchev–Trinajstić information content (AvgIpc) is 3.57. The SMILES string of the molecule is CN1c2cc(NS(C)(=O)=O)c(C3CC3)cc2CN1c1ccc(OCc2ccccc2)nc1. The van der Waals surface area contributed by atoms with Gasteiger partial charge in [0.25, 0.3) is 0 Å². The number of pyridine rings is 1. The number of benzene rings is 2. The van der Waals surface area contributed by atoms with E-state index in [1.54, 1.807) is 6.20 Å². The molecule has 1 fully saturated rings. The summed E-state index contributed by atoms with van der Waals surface area (Å²) in [5.41, 5.74) is 5.99. The summed E-state index contributed by atoms with van der Waals surface area (Å²) >= 11 is 0. The number of anilines is 3. The standard InChI is InChI=1S/C24H26N4O3S/c1-27-23-13-22(26-32(2,29)30)21(18-8-9-18)12-19(23)15-28(27)20-10-11-24(25-14-20)31-16-17-6-4-3-5-7-17/h3-7,10-14,18,26H,8-9,15-16H2,1-2H3. The molecular formula is C24H26N4O3S. The second kappa shape index (κ2) is 8.02. The van der Waals surface area contributed by atoms with Crippen molar-refractivity contribution < 1.29 is 13.2 Å². The van der Waals surface area contributed by atoms with Crippen molar-refractivity contribution in [3.63, 3.8) is 0 Å². The van der Waals surface area contributed by atoms with Gasteiger partial charge in [0.1, 0.15) is 6.61 Å². The van der Waals surface area contributed by atoms with Crippen LogP contribution in [-0.4, -0.2) is 26.7 Å². The van der Waals surface area contributed by atoms with Crippen molar-refractivity contribution in [1.82, 2.24) is 4.98 Å². The Hall–Kier alpha value is -3.26. The molecule has 32 heavy (non-hydrogen) atoms. The maximum absolute atomic E-state index is 11.9. The molecule has 2 heterocycles. The first-order chi connectivity index (χ1) is 15.4. The van der Waals surface area contributed by atoms with E-state index in [0.717, 1.165) is 35.3 Å². The van der Waals surface area contributed by atoms with Crippen molar-refractivity contribution in [2.45, 2.75) is 31.9 Å². The molecule has 166 valence electrons. The molecular weight excluding hydrogens is 424 g/mol. The van der Waals surface area contributed by atoms with E-state index in [2.05, 4.69) is 20.8 Å². The minimum atomic E-state index is -3.34. The van der Waals surface area contributed by atoms with Crippen molar-refractivity contribution in [1.29, 1.82) is 0 Å². The Labute approximate surface area is 188 Å². The van der Waals surface area contributed by atoms with Crippen molar-refractivity contribution in [2.24, 2.45) is 0 Å². The molecule has 2 aliphatic rings. The van der Waals surface area contributed by atoms with Gasteiger partial charge in [-0.25, -0.2) is 13.4 Å². The molecule has 0 bridgehead atoms. The first-order valence-corrected chi connectivity index (χ1v) is 12.5. The van der Waals surface area contributed by atoms with Crippen LogP contribution in [0.4, 0.5) is 17.1 Å². The monoisotopic (exact) mass is 450 g/mol. The van der Waals surface area contributed by atoms with Gasteiger partial charge in [-0.1, -0.05) is 30.3 Å². The molecule has 0 amide bonds. The quantitative estimate of drug-likeness (QED) is 0.579. The van der Waals surface area contributed by atoms with Gasteiger partial charge >= 0.3 is 0 Å². The van der Waals surface area contributed by atoms with Crippen LogP contribution in [0.1, 0.15) is 35.4 Å². The predicted octanol–water partition coefficient (Wildman–Crippen LogP) is 4.28. The van der Waals surface area contributed by atoms with Gasteiger partial charge in [0, 0.05) is 13.1 Å². The van der Waals surface area contributed by atoms with E-state index in [4.69, 9.17) is 4.74 Å². The Kier molecular flexibility index (Phi) is 5.17. The normalized spacial score (nSPS) is 15.6. The zero-order chi connectivity index (χ0) is 22.3. The minimum Gasteiger partial charge on any atom is -0.473 e. The lowest BCUT2D eigenvalue weighted by Crippen LogP contribution is -2.34. The number of fused-ring (bicyclic) bond motifs is 1. The molecule has 0 saturated heterocycles. The Bertz CT molecular complexity index is 1230. The summed E-state index contributed by atoms with van der Waals surface area (Å²) in [5, 5.41) is 4.17. The van der Waals surface area contributed by atoms with Crippen LogP contribution in [0, 0.1) is 0 Å². The summed E-state index contributed by atoms with van der Waals surface area (Å²) < 4.78 is 32.3. The summed E-state index contributed by atoms with van der Waals surface area (Å²) in [7, 11) is -1.36. The molecule has 8 heteroatoms. The van der Waals surface area contributed by atoms with E-state index < -0.39 is 10.0 Å². The highest BCUT2D eigenvalue weighted by Gasteiger charge is 2.32. The highest BCUT2D eigenvalue weighted by atomic mass is 32.2. The van der Waals surface area contributed by atoms with Crippen molar-refractivity contribution in [3.8, 4) is 5.88 Å². The Morgan fingerprint density at radius 3 is 2.56 bits per heavy atom. The van der Waals surface area contributed by atoms with Crippen LogP contribution < -0.4 is 19.5 Å². The summed E-state index contributed by atoms with van der Waals surface area (Å²) in [5.74, 6) is 1.01. The minimum absolute atomic E-state index is 0.437. The maximum atomic E-state index is 11.9. The van der Waals surface area contributed by atoms with Crippen LogP contribution in [0.3, 0.4) is 0 Å². The highest BCUT2D eigenvalue weighted by Crippen LogP contribution is 2.47. The third kappa shape index (κ3) is 4.36. The van der Waals surface area contributed by atoms with E-state index in [9.17, 15) is 8.42 Å². The first kappa shape index (κ1) is 20.6. The number of sulfonamides is 1. The van der Waals surface area contributed by atoms with Gasteiger partial charge < -0.3 is 4.74 Å². The number of hydrogen-bond donors (Lipinski definition) is 1. The summed E-state index contributed by atoms with van der Waals surface area (Å²) in [4.78, 5) is 4.48. The molecule has 2 aromatic carbocycles. The van der Waals surface area contributed by atoms with Crippen LogP contribution in [0.2, 0.25) is 0 Å². The molecule has 1 saturated carbocycles. The Morgan fingerprint density at radius 1 is 1.12 bits per heavy atom. The fourth-order valence-electron chi connectivity index (χ4n) is 4.10. The number of hydrazine groups is 1. The second-order valence-electron chi connectivity index (χ2n) is 8.43. The van der Waals surface area contributed by atoms with Gasteiger partial charge in [0.2, 0.25) is 15.9 Å². The number of nitrogens with one attached hydrogen (secondary N) is 1. The number of rotatable bonds is 7. The van der Waals surface area contributed by atoms with Gasteiger partial charge in [0.15, 0.2) is 0 Å². The largest absolute Gasteiger partial charge is 0.473 e. The molecule has 1 aromatic heterocycles. The lowest BCUT2D eigenvalue weighted by Gasteiger charge is -2.28. The number of nitrogens with zero attached hydrogens (tertiary/aromatic N) is 3. The predicted molar refractivity (Wildman–Crippen MR) is 126 cm³/mol. The lowest BCUT2D eigenvalue weighted by molar-refractivity contribution is 0.294. The molecule has 1 aliphatic heterocycles. The smallest absolute Gasteiger partial charge is 0.229 e. The summed E-state index contributed by atoms with van der Waals surface area (Å²) in [6, 6.07) is 18.0. The maximum Gasteiger partial charge on any atom is 0.229 e. The van der Waals surface area contributed by atoms with Crippen LogP contribution in [0.25, 0.3) is 0 Å². The molecule has 0 radical (unpaired) electrons. The highest BCUT2D eigenvalue weighted by molar-refractivity contribution is 7.92. The van der Waals surface area contributed by atoms with E-state index >= 15 is 0 Å². The fraction of sp³-hybridized carbons (Fsp3) is 0.292. The zero-order valence-electron chi connectivity index (χ0n) is 18.2. The zero-order valence-corrected chi connectivity index (χ0v) is 19.0. The third-order valence-electron chi connectivity index (χ3n) is 5.84. The van der Waals surface area contributed by atoms with Crippen molar-refractivity contribution >= 4 is 27.1 Å². The topological polar surface area (TPSA) is 74.8 Å². The van der Waals surface area contributed by atoms with Crippen LogP contribution in [-0.2, 0) is 23.2 Å². The van der Waals surface area contributed by atoms with E-state index in [-0.39, 0.29) is 0 Å². The summed E-state index contributed by atoms with van der Waals surface area (Å²) in [6.07, 6.45) is 5.20. The van der Waals surface area contributed by atoms with Crippen molar-refractivity contribution in [2.75, 3.05) is 28.0 Å². The molecule has 0 unspecified atom stereocenters. The van der Waals surface area contributed by atoms with Gasteiger partial charge in [-0.05, 0) is 53.6 Å². The van der Waals surface area contributed by atoms with E-state index in [0.29, 0.717) is 30.6 Å². The molecule has 3 aromatic rings. The fourth-order valence-corrected chi connectivity index (χ4v) is 4.68. The number of ether oxygens (including phenoxy) is 1. The number of hydrogen-bond acceptors (Lipinski definition) is 6. The Morgan fingerprint density at radius 2 is 1.91 bits per heavy atom. The Balaban J connectivity index is 1.34.